The second kappa shape index (κ2) is 6.19. The van der Waals surface area contributed by atoms with Crippen molar-refractivity contribution in [1.29, 1.82) is 0 Å². The van der Waals surface area contributed by atoms with E-state index in [2.05, 4.69) is 10.3 Å². The Kier molecular flexibility index (Phi) is 4.88. The van der Waals surface area contributed by atoms with E-state index in [1.54, 1.807) is 6.07 Å². The van der Waals surface area contributed by atoms with Crippen molar-refractivity contribution in [3.05, 3.63) is 29.6 Å². The number of carbonyl (C=O) groups is 1. The van der Waals surface area contributed by atoms with Crippen LogP contribution in [0.3, 0.4) is 0 Å². The van der Waals surface area contributed by atoms with Crippen LogP contribution in [0.25, 0.3) is 0 Å². The van der Waals surface area contributed by atoms with E-state index in [9.17, 15) is 4.79 Å². The Morgan fingerprint density at radius 3 is 2.81 bits per heavy atom. The van der Waals surface area contributed by atoms with Gasteiger partial charge in [0.05, 0.1) is 11.3 Å². The van der Waals surface area contributed by atoms with Crippen molar-refractivity contribution < 1.29 is 15.0 Å². The molecular formula is C11H16N2O3. The van der Waals surface area contributed by atoms with Gasteiger partial charge < -0.3 is 15.5 Å². The molecule has 0 saturated carbocycles. The van der Waals surface area contributed by atoms with Gasteiger partial charge in [-0.25, -0.2) is 4.79 Å². The normalized spacial score (nSPS) is 12.4. The van der Waals surface area contributed by atoms with E-state index in [1.807, 2.05) is 6.92 Å². The Morgan fingerprint density at radius 2 is 2.31 bits per heavy atom. The highest BCUT2D eigenvalue weighted by molar-refractivity contribution is 5.87. The maximum atomic E-state index is 10.6. The van der Waals surface area contributed by atoms with E-state index >= 15 is 0 Å². The first-order valence-corrected chi connectivity index (χ1v) is 5.13. The molecule has 88 valence electrons. The molecule has 0 aliphatic carbocycles. The van der Waals surface area contributed by atoms with Gasteiger partial charge in [-0.15, -0.1) is 0 Å². The summed E-state index contributed by atoms with van der Waals surface area (Å²) in [5.41, 5.74) is 0.975. The van der Waals surface area contributed by atoms with E-state index in [1.165, 1.54) is 12.3 Å². The van der Waals surface area contributed by atoms with Crippen LogP contribution in [0.15, 0.2) is 18.3 Å². The summed E-state index contributed by atoms with van der Waals surface area (Å²) in [7, 11) is 0. The molecule has 0 amide bonds. The lowest BCUT2D eigenvalue weighted by atomic mass is 10.2. The average Bonchev–Trinajstić information content (AvgIpc) is 2.29. The highest BCUT2D eigenvalue weighted by Crippen LogP contribution is 2.00. The van der Waals surface area contributed by atoms with Crippen molar-refractivity contribution in [2.75, 3.05) is 13.2 Å². The molecule has 5 heteroatoms. The molecule has 0 bridgehead atoms. The van der Waals surface area contributed by atoms with Crippen LogP contribution in [0, 0.1) is 5.92 Å². The minimum atomic E-state index is -0.971. The molecular weight excluding hydrogens is 208 g/mol. The van der Waals surface area contributed by atoms with Crippen LogP contribution in [0.5, 0.6) is 0 Å². The third kappa shape index (κ3) is 3.96. The van der Waals surface area contributed by atoms with Crippen LogP contribution < -0.4 is 5.32 Å². The van der Waals surface area contributed by atoms with Gasteiger partial charge in [-0.3, -0.25) is 4.98 Å². The molecule has 1 unspecified atom stereocenters. The van der Waals surface area contributed by atoms with E-state index in [-0.39, 0.29) is 18.1 Å². The largest absolute Gasteiger partial charge is 0.478 e. The fraction of sp³-hybridized carbons (Fsp3) is 0.455. The number of aliphatic hydroxyl groups excluding tert-OH is 1. The third-order valence-corrected chi connectivity index (χ3v) is 2.18. The Morgan fingerprint density at radius 1 is 1.56 bits per heavy atom. The van der Waals surface area contributed by atoms with Crippen LogP contribution in [0.2, 0.25) is 0 Å². The topological polar surface area (TPSA) is 82.5 Å². The summed E-state index contributed by atoms with van der Waals surface area (Å²) in [5, 5.41) is 20.6. The number of carboxylic acid groups (broad SMARTS) is 1. The van der Waals surface area contributed by atoms with E-state index in [0.717, 1.165) is 5.69 Å². The maximum absolute atomic E-state index is 10.6. The number of carboxylic acids is 1. The lowest BCUT2D eigenvalue weighted by molar-refractivity contribution is 0.0696. The fourth-order valence-corrected chi connectivity index (χ4v) is 1.17. The number of nitrogens with one attached hydrogen (secondary N) is 1. The maximum Gasteiger partial charge on any atom is 0.337 e. The molecule has 0 fully saturated rings. The third-order valence-electron chi connectivity index (χ3n) is 2.18. The molecule has 1 aromatic heterocycles. The SMILES string of the molecule is CC(CO)CNCc1ccc(C(=O)O)cn1. The van der Waals surface area contributed by atoms with Crippen LogP contribution in [-0.4, -0.2) is 34.3 Å². The highest BCUT2D eigenvalue weighted by Gasteiger charge is 2.03. The zero-order valence-corrected chi connectivity index (χ0v) is 9.18. The molecule has 1 heterocycles. The molecule has 0 aliphatic heterocycles. The Hall–Kier alpha value is -1.46. The second-order valence-corrected chi connectivity index (χ2v) is 3.76. The number of hydrogen-bond donors (Lipinski definition) is 3. The highest BCUT2D eigenvalue weighted by atomic mass is 16.4. The Balaban J connectivity index is 2.40. The summed E-state index contributed by atoms with van der Waals surface area (Å²) in [6.45, 7) is 3.37. The quantitative estimate of drug-likeness (QED) is 0.655. The van der Waals surface area contributed by atoms with Crippen LogP contribution in [-0.2, 0) is 6.54 Å². The molecule has 1 rings (SSSR count). The molecule has 0 aliphatic rings. The first-order chi connectivity index (χ1) is 7.63. The van der Waals surface area contributed by atoms with Gasteiger partial charge in [0.15, 0.2) is 0 Å². The zero-order valence-electron chi connectivity index (χ0n) is 9.18. The van der Waals surface area contributed by atoms with Crippen molar-refractivity contribution in [3.63, 3.8) is 0 Å². The smallest absolute Gasteiger partial charge is 0.337 e. The number of aromatic carboxylic acids is 1. The summed E-state index contributed by atoms with van der Waals surface area (Å²) in [4.78, 5) is 14.6. The van der Waals surface area contributed by atoms with Gasteiger partial charge in [0, 0.05) is 25.9 Å². The molecule has 0 aromatic carbocycles. The van der Waals surface area contributed by atoms with Crippen molar-refractivity contribution in [1.82, 2.24) is 10.3 Å². The van der Waals surface area contributed by atoms with Gasteiger partial charge in [0.2, 0.25) is 0 Å². The molecule has 16 heavy (non-hydrogen) atoms. The van der Waals surface area contributed by atoms with Crippen LogP contribution in [0.4, 0.5) is 0 Å². The summed E-state index contributed by atoms with van der Waals surface area (Å²) in [6.07, 6.45) is 1.34. The van der Waals surface area contributed by atoms with Crippen molar-refractivity contribution in [3.8, 4) is 0 Å². The first-order valence-electron chi connectivity index (χ1n) is 5.13. The van der Waals surface area contributed by atoms with Gasteiger partial charge in [0.1, 0.15) is 0 Å². The lowest BCUT2D eigenvalue weighted by Gasteiger charge is -2.08. The molecule has 5 nitrogen and oxygen atoms in total. The molecule has 0 spiro atoms. The summed E-state index contributed by atoms with van der Waals surface area (Å²) < 4.78 is 0. The summed E-state index contributed by atoms with van der Waals surface area (Å²) >= 11 is 0. The van der Waals surface area contributed by atoms with Crippen molar-refractivity contribution >= 4 is 5.97 Å². The van der Waals surface area contributed by atoms with Gasteiger partial charge >= 0.3 is 5.97 Å². The number of hydrogen-bond acceptors (Lipinski definition) is 4. The second-order valence-electron chi connectivity index (χ2n) is 3.76. The number of pyridine rings is 1. The standard InChI is InChI=1S/C11H16N2O3/c1-8(7-14)4-12-6-10-3-2-9(5-13-10)11(15)16/h2-3,5,8,12,14H,4,6-7H2,1H3,(H,15,16). The predicted molar refractivity (Wildman–Crippen MR) is 59.2 cm³/mol. The predicted octanol–water partition coefficient (Wildman–Crippen LogP) is 0.498. The van der Waals surface area contributed by atoms with E-state index in [4.69, 9.17) is 10.2 Å². The molecule has 1 atom stereocenters. The Labute approximate surface area is 94.1 Å². The molecule has 3 N–H and O–H groups in total. The molecule has 1 aromatic rings. The summed E-state index contributed by atoms with van der Waals surface area (Å²) in [6, 6.07) is 3.21. The minimum absolute atomic E-state index is 0.151. The average molecular weight is 224 g/mol. The van der Waals surface area contributed by atoms with Crippen LogP contribution in [0.1, 0.15) is 23.0 Å². The minimum Gasteiger partial charge on any atom is -0.478 e. The monoisotopic (exact) mass is 224 g/mol. The van der Waals surface area contributed by atoms with Crippen LogP contribution >= 0.6 is 0 Å². The zero-order chi connectivity index (χ0) is 12.0. The lowest BCUT2D eigenvalue weighted by Crippen LogP contribution is -2.23. The Bertz CT molecular complexity index is 338. The molecule has 0 radical (unpaired) electrons. The van der Waals surface area contributed by atoms with Gasteiger partial charge in [-0.05, 0) is 18.1 Å². The van der Waals surface area contributed by atoms with Gasteiger partial charge in [0.25, 0.3) is 0 Å². The first kappa shape index (κ1) is 12.6. The fourth-order valence-electron chi connectivity index (χ4n) is 1.17. The summed E-state index contributed by atoms with van der Waals surface area (Å²) in [5.74, 6) is -0.765. The van der Waals surface area contributed by atoms with Gasteiger partial charge in [-0.2, -0.15) is 0 Å². The molecule has 0 saturated heterocycles. The van der Waals surface area contributed by atoms with Gasteiger partial charge in [-0.1, -0.05) is 6.92 Å². The van der Waals surface area contributed by atoms with E-state index < -0.39 is 5.97 Å². The number of rotatable bonds is 6. The van der Waals surface area contributed by atoms with E-state index in [0.29, 0.717) is 13.1 Å². The number of nitrogens with zero attached hydrogens (tertiary/aromatic N) is 1. The number of aliphatic hydroxyl groups is 1. The number of aromatic nitrogens is 1. The van der Waals surface area contributed by atoms with Crippen molar-refractivity contribution in [2.45, 2.75) is 13.5 Å². The van der Waals surface area contributed by atoms with Crippen molar-refractivity contribution in [2.24, 2.45) is 5.92 Å².